The Balaban J connectivity index is 1.59. The van der Waals surface area contributed by atoms with Crippen LogP contribution in [0.15, 0.2) is 0 Å². The summed E-state index contributed by atoms with van der Waals surface area (Å²) in [6, 6.07) is 0.563. The molecule has 3 aliphatic carbocycles. The number of hydrogen-bond acceptors (Lipinski definition) is 2. The van der Waals surface area contributed by atoms with Crippen molar-refractivity contribution in [3.05, 3.63) is 0 Å². The van der Waals surface area contributed by atoms with Gasteiger partial charge in [0.25, 0.3) is 0 Å². The van der Waals surface area contributed by atoms with E-state index >= 15 is 0 Å². The smallest absolute Gasteiger partial charge is 0.314 e. The van der Waals surface area contributed by atoms with Gasteiger partial charge in [0.2, 0.25) is 5.91 Å². The Labute approximate surface area is 176 Å². The van der Waals surface area contributed by atoms with Crippen molar-refractivity contribution in [1.82, 2.24) is 15.5 Å². The van der Waals surface area contributed by atoms with Crippen molar-refractivity contribution in [2.24, 2.45) is 40.4 Å². The van der Waals surface area contributed by atoms with Gasteiger partial charge in [-0.3, -0.25) is 4.79 Å². The van der Waals surface area contributed by atoms with E-state index < -0.39 is 0 Å². The highest BCUT2D eigenvalue weighted by molar-refractivity contribution is 5.77. The normalized spacial score (nSPS) is 47.7. The molecule has 1 saturated heterocycles. The number of likely N-dealkylation sites (tertiary alicyclic amines) is 1. The zero-order valence-electron chi connectivity index (χ0n) is 19.3. The van der Waals surface area contributed by atoms with Crippen molar-refractivity contribution in [3.63, 3.8) is 0 Å². The highest BCUT2D eigenvalue weighted by atomic mass is 16.2. The second kappa shape index (κ2) is 7.16. The third kappa shape index (κ3) is 3.01. The van der Waals surface area contributed by atoms with Crippen LogP contribution in [0.5, 0.6) is 0 Å². The number of piperidine rings is 1. The first-order chi connectivity index (χ1) is 13.6. The van der Waals surface area contributed by atoms with Gasteiger partial charge in [0.15, 0.2) is 0 Å². The average Bonchev–Trinajstić information content (AvgIpc) is 2.95. The fraction of sp³-hybridized carbons (Fsp3) is 0.917. The Kier molecular flexibility index (Phi) is 5.18. The lowest BCUT2D eigenvalue weighted by Crippen LogP contribution is -2.61. The summed E-state index contributed by atoms with van der Waals surface area (Å²) in [4.78, 5) is 26.4. The fourth-order valence-corrected chi connectivity index (χ4v) is 8.99. The molecule has 4 aliphatic rings. The number of carbonyl (C=O) groups is 2. The molecule has 164 valence electrons. The van der Waals surface area contributed by atoms with Crippen LogP contribution < -0.4 is 10.6 Å². The quantitative estimate of drug-likeness (QED) is 0.731. The van der Waals surface area contributed by atoms with Crippen molar-refractivity contribution >= 4 is 11.9 Å². The highest BCUT2D eigenvalue weighted by Crippen LogP contribution is 2.67. The van der Waals surface area contributed by atoms with Crippen LogP contribution in [-0.4, -0.2) is 43.0 Å². The summed E-state index contributed by atoms with van der Waals surface area (Å²) in [6.45, 7) is 9.63. The number of fused-ring (bicyclic) bond motifs is 5. The zero-order chi connectivity index (χ0) is 21.1. The number of amides is 3. The van der Waals surface area contributed by atoms with E-state index in [1.807, 2.05) is 7.05 Å². The summed E-state index contributed by atoms with van der Waals surface area (Å²) < 4.78 is 0. The lowest BCUT2D eigenvalue weighted by atomic mass is 9.46. The molecule has 2 N–H and O–H groups in total. The van der Waals surface area contributed by atoms with Crippen molar-refractivity contribution in [1.29, 1.82) is 0 Å². The third-order valence-corrected chi connectivity index (χ3v) is 10.1. The molecular formula is C24H41N3O2. The van der Waals surface area contributed by atoms with Gasteiger partial charge in [0, 0.05) is 32.6 Å². The van der Waals surface area contributed by atoms with Crippen LogP contribution in [-0.2, 0) is 4.79 Å². The molecule has 29 heavy (non-hydrogen) atoms. The summed E-state index contributed by atoms with van der Waals surface area (Å²) in [7, 11) is 3.73. The molecule has 5 heteroatoms. The van der Waals surface area contributed by atoms with E-state index in [9.17, 15) is 9.59 Å². The minimum absolute atomic E-state index is 0.0617. The van der Waals surface area contributed by atoms with Crippen molar-refractivity contribution < 1.29 is 9.59 Å². The lowest BCUT2D eigenvalue weighted by Gasteiger charge is -2.62. The van der Waals surface area contributed by atoms with Gasteiger partial charge in [0.05, 0.1) is 0 Å². The Morgan fingerprint density at radius 2 is 1.86 bits per heavy atom. The second-order valence-corrected chi connectivity index (χ2v) is 11.3. The minimum Gasteiger partial charge on any atom is -0.342 e. The molecule has 0 spiro atoms. The van der Waals surface area contributed by atoms with Gasteiger partial charge in [-0.25, -0.2) is 4.79 Å². The van der Waals surface area contributed by atoms with E-state index in [0.29, 0.717) is 29.2 Å². The fourth-order valence-electron chi connectivity index (χ4n) is 8.99. The molecule has 5 nitrogen and oxygen atoms in total. The van der Waals surface area contributed by atoms with Gasteiger partial charge >= 0.3 is 6.03 Å². The molecule has 3 unspecified atom stereocenters. The Hall–Kier alpha value is -1.26. The zero-order valence-corrected chi connectivity index (χ0v) is 19.3. The van der Waals surface area contributed by atoms with Gasteiger partial charge in [-0.05, 0) is 85.9 Å². The highest BCUT2D eigenvalue weighted by Gasteiger charge is 2.63. The number of hydrogen-bond donors (Lipinski definition) is 2. The maximum atomic E-state index is 12.3. The van der Waals surface area contributed by atoms with E-state index in [1.54, 1.807) is 7.05 Å². The van der Waals surface area contributed by atoms with Gasteiger partial charge in [-0.1, -0.05) is 20.8 Å². The van der Waals surface area contributed by atoms with Crippen molar-refractivity contribution in [3.8, 4) is 0 Å². The molecule has 1 heterocycles. The summed E-state index contributed by atoms with van der Waals surface area (Å²) >= 11 is 0. The molecule has 4 rings (SSSR count). The van der Waals surface area contributed by atoms with Crippen molar-refractivity contribution in [2.75, 3.05) is 14.1 Å². The molecular weight excluding hydrogens is 362 g/mol. The van der Waals surface area contributed by atoms with Crippen LogP contribution in [0.1, 0.15) is 72.6 Å². The van der Waals surface area contributed by atoms with Gasteiger partial charge in [-0.15, -0.1) is 0 Å². The maximum absolute atomic E-state index is 12.3. The summed E-state index contributed by atoms with van der Waals surface area (Å²) in [5.74, 6) is 3.77. The molecule has 0 radical (unpaired) electrons. The standard InChI is InChI=1S/C24H41N3O2/c1-14-13-18-16-7-8-19-23(3,12-10-20(28)27(19)6)17(16)9-11-24(18,4)21(14)15(2)26-22(29)25-5/h14-19,21H,7-13H2,1-6H3,(H2,25,26,29)/t14?,15?,16-,17+,18+,19?,21-,23-,24+/m1/s1. The first-order valence-electron chi connectivity index (χ1n) is 11.9. The van der Waals surface area contributed by atoms with E-state index in [0.717, 1.165) is 37.0 Å². The maximum Gasteiger partial charge on any atom is 0.314 e. The summed E-state index contributed by atoms with van der Waals surface area (Å²) in [5.41, 5.74) is 0.584. The third-order valence-electron chi connectivity index (χ3n) is 10.1. The number of nitrogens with zero attached hydrogens (tertiary/aromatic N) is 1. The first-order valence-corrected chi connectivity index (χ1v) is 11.9. The summed E-state index contributed by atoms with van der Waals surface area (Å²) in [5, 5.41) is 5.93. The SMILES string of the molecule is CNC(=O)NC(C)[C@H]1C(C)C[C@H]2[C@@H]3CCC4N(C)C(=O)CC[C@]4(C)[C@H]3CC[C@]12C. The van der Waals surface area contributed by atoms with E-state index in [-0.39, 0.29) is 17.5 Å². The molecule has 3 saturated carbocycles. The average molecular weight is 404 g/mol. The largest absolute Gasteiger partial charge is 0.342 e. The van der Waals surface area contributed by atoms with Crippen LogP contribution in [0.3, 0.4) is 0 Å². The molecule has 1 aliphatic heterocycles. The van der Waals surface area contributed by atoms with Crippen LogP contribution in [0, 0.1) is 40.4 Å². The molecule has 3 amide bonds. The minimum atomic E-state index is -0.0617. The Morgan fingerprint density at radius 1 is 1.14 bits per heavy atom. The van der Waals surface area contributed by atoms with Gasteiger partial charge in [0.1, 0.15) is 0 Å². The summed E-state index contributed by atoms with van der Waals surface area (Å²) in [6.07, 6.45) is 8.05. The predicted octanol–water partition coefficient (Wildman–Crippen LogP) is 4.03. The van der Waals surface area contributed by atoms with Crippen LogP contribution in [0.2, 0.25) is 0 Å². The van der Waals surface area contributed by atoms with Crippen molar-refractivity contribution in [2.45, 2.75) is 84.7 Å². The molecule has 0 aromatic heterocycles. The van der Waals surface area contributed by atoms with E-state index in [4.69, 9.17) is 0 Å². The molecule has 4 fully saturated rings. The van der Waals surface area contributed by atoms with Crippen LogP contribution in [0.4, 0.5) is 4.79 Å². The van der Waals surface area contributed by atoms with Gasteiger partial charge in [-0.2, -0.15) is 0 Å². The van der Waals surface area contributed by atoms with Crippen LogP contribution >= 0.6 is 0 Å². The first kappa shape index (κ1) is 21.0. The Morgan fingerprint density at radius 3 is 2.55 bits per heavy atom. The monoisotopic (exact) mass is 403 g/mol. The van der Waals surface area contributed by atoms with Crippen LogP contribution in [0.25, 0.3) is 0 Å². The molecule has 0 aromatic rings. The number of nitrogens with one attached hydrogen (secondary N) is 2. The molecule has 0 aromatic carbocycles. The van der Waals surface area contributed by atoms with Gasteiger partial charge < -0.3 is 15.5 Å². The number of rotatable bonds is 2. The number of carbonyl (C=O) groups excluding carboxylic acids is 2. The molecule has 0 bridgehead atoms. The predicted molar refractivity (Wildman–Crippen MR) is 115 cm³/mol. The van der Waals surface area contributed by atoms with E-state index in [1.165, 1.54) is 25.7 Å². The topological polar surface area (TPSA) is 61.4 Å². The second-order valence-electron chi connectivity index (χ2n) is 11.3. The lowest BCUT2D eigenvalue weighted by molar-refractivity contribution is -0.158. The Bertz CT molecular complexity index is 681. The van der Waals surface area contributed by atoms with E-state index in [2.05, 4.69) is 43.2 Å². The molecule has 9 atom stereocenters. The number of urea groups is 1.